The molecule has 0 saturated heterocycles. The van der Waals surface area contributed by atoms with Gasteiger partial charge >= 0.3 is 0 Å². The van der Waals surface area contributed by atoms with Gasteiger partial charge in [0.25, 0.3) is 6.02 Å². The van der Waals surface area contributed by atoms with Crippen molar-refractivity contribution >= 4 is 6.02 Å². The van der Waals surface area contributed by atoms with E-state index in [9.17, 15) is 4.39 Å². The van der Waals surface area contributed by atoms with Crippen LogP contribution in [0, 0.1) is 5.82 Å². The van der Waals surface area contributed by atoms with Crippen LogP contribution in [0.25, 0.3) is 0 Å². The van der Waals surface area contributed by atoms with Crippen LogP contribution in [0.5, 0.6) is 0 Å². The van der Waals surface area contributed by atoms with Gasteiger partial charge in [-0.15, -0.1) is 0 Å². The van der Waals surface area contributed by atoms with Crippen LogP contribution < -0.4 is 5.73 Å². The lowest BCUT2D eigenvalue weighted by molar-refractivity contribution is 0.306. The van der Waals surface area contributed by atoms with Crippen LogP contribution >= 0.6 is 0 Å². The fourth-order valence-corrected chi connectivity index (χ4v) is 1.81. The highest BCUT2D eigenvalue weighted by molar-refractivity contribution is 5.72. The number of rotatable bonds is 4. The second-order valence-corrected chi connectivity index (χ2v) is 3.92. The van der Waals surface area contributed by atoms with E-state index in [1.165, 1.54) is 6.07 Å². The van der Waals surface area contributed by atoms with E-state index in [0.29, 0.717) is 6.61 Å². The maximum atomic E-state index is 13.3. The van der Waals surface area contributed by atoms with Crippen molar-refractivity contribution in [2.45, 2.75) is 25.3 Å². The van der Waals surface area contributed by atoms with Gasteiger partial charge in [-0.2, -0.15) is 0 Å². The summed E-state index contributed by atoms with van der Waals surface area (Å²) in [5, 5.41) is 0. The van der Waals surface area contributed by atoms with Crippen LogP contribution in [-0.2, 0) is 11.2 Å². The average Bonchev–Trinajstić information content (AvgIpc) is 2.67. The molecule has 1 aromatic carbocycles. The van der Waals surface area contributed by atoms with E-state index in [4.69, 9.17) is 10.5 Å². The Morgan fingerprint density at radius 3 is 2.94 bits per heavy atom. The lowest BCUT2D eigenvalue weighted by atomic mass is 10.1. The molecule has 16 heavy (non-hydrogen) atoms. The first-order valence-electron chi connectivity index (χ1n) is 5.45. The molecule has 0 aromatic heterocycles. The molecule has 1 atom stereocenters. The number of aliphatic imine (C=N–C) groups is 1. The molecule has 1 heterocycles. The number of benzene rings is 1. The van der Waals surface area contributed by atoms with Gasteiger partial charge in [-0.25, -0.2) is 9.38 Å². The van der Waals surface area contributed by atoms with Gasteiger partial charge in [-0.05, 0) is 30.9 Å². The zero-order valence-corrected chi connectivity index (χ0v) is 9.03. The molecule has 1 aliphatic heterocycles. The molecule has 2 N–H and O–H groups in total. The number of aryl methyl sites for hydroxylation is 1. The third-order valence-corrected chi connectivity index (χ3v) is 2.67. The number of hydrogen-bond acceptors (Lipinski definition) is 3. The smallest absolute Gasteiger partial charge is 0.282 e. The molecule has 0 unspecified atom stereocenters. The Morgan fingerprint density at radius 2 is 2.25 bits per heavy atom. The zero-order valence-electron chi connectivity index (χ0n) is 9.03. The topological polar surface area (TPSA) is 47.6 Å². The molecular formula is C12H15FN2O. The van der Waals surface area contributed by atoms with Gasteiger partial charge in [0.15, 0.2) is 0 Å². The van der Waals surface area contributed by atoms with Crippen molar-refractivity contribution < 1.29 is 9.13 Å². The summed E-state index contributed by atoms with van der Waals surface area (Å²) in [5.41, 5.74) is 6.16. The SMILES string of the molecule is NC1=N[C@@H](CCCc2ccccc2F)CO1. The second kappa shape index (κ2) is 4.96. The number of nitrogens with two attached hydrogens (primary N) is 1. The molecule has 0 bridgehead atoms. The summed E-state index contributed by atoms with van der Waals surface area (Å²) in [6.07, 6.45) is 2.51. The first kappa shape index (κ1) is 10.9. The molecule has 1 aliphatic rings. The van der Waals surface area contributed by atoms with Crippen molar-refractivity contribution in [3.63, 3.8) is 0 Å². The third-order valence-electron chi connectivity index (χ3n) is 2.67. The van der Waals surface area contributed by atoms with E-state index < -0.39 is 0 Å². The number of halogens is 1. The summed E-state index contributed by atoms with van der Waals surface area (Å²) in [5.74, 6) is -0.131. The van der Waals surface area contributed by atoms with E-state index in [1.54, 1.807) is 6.07 Å². The highest BCUT2D eigenvalue weighted by Gasteiger charge is 2.15. The summed E-state index contributed by atoms with van der Waals surface area (Å²) in [7, 11) is 0. The molecule has 1 aromatic rings. The Bertz CT molecular complexity index is 392. The number of amidine groups is 1. The zero-order chi connectivity index (χ0) is 11.4. The fraction of sp³-hybridized carbons (Fsp3) is 0.417. The largest absolute Gasteiger partial charge is 0.463 e. The molecule has 0 radical (unpaired) electrons. The summed E-state index contributed by atoms with van der Waals surface area (Å²) in [6, 6.07) is 7.28. The molecule has 0 saturated carbocycles. The monoisotopic (exact) mass is 222 g/mol. The second-order valence-electron chi connectivity index (χ2n) is 3.92. The molecule has 0 amide bonds. The van der Waals surface area contributed by atoms with Crippen molar-refractivity contribution in [2.24, 2.45) is 10.7 Å². The van der Waals surface area contributed by atoms with Gasteiger partial charge in [0.05, 0.1) is 6.04 Å². The summed E-state index contributed by atoms with van der Waals surface area (Å²) in [6.45, 7) is 0.559. The van der Waals surface area contributed by atoms with E-state index in [0.717, 1.165) is 24.8 Å². The molecule has 86 valence electrons. The number of ether oxygens (including phenoxy) is 1. The van der Waals surface area contributed by atoms with Gasteiger partial charge in [0.2, 0.25) is 0 Å². The van der Waals surface area contributed by atoms with Crippen LogP contribution in [0.3, 0.4) is 0 Å². The van der Waals surface area contributed by atoms with Gasteiger partial charge in [0.1, 0.15) is 12.4 Å². The molecule has 4 heteroatoms. The van der Waals surface area contributed by atoms with Gasteiger partial charge in [0, 0.05) is 0 Å². The first-order valence-corrected chi connectivity index (χ1v) is 5.45. The van der Waals surface area contributed by atoms with E-state index in [1.807, 2.05) is 12.1 Å². The highest BCUT2D eigenvalue weighted by Crippen LogP contribution is 2.14. The van der Waals surface area contributed by atoms with Crippen molar-refractivity contribution in [2.75, 3.05) is 6.61 Å². The van der Waals surface area contributed by atoms with E-state index in [2.05, 4.69) is 4.99 Å². The normalized spacial score (nSPS) is 19.3. The first-order chi connectivity index (χ1) is 7.75. The quantitative estimate of drug-likeness (QED) is 0.845. The third kappa shape index (κ3) is 2.72. The van der Waals surface area contributed by atoms with Crippen LogP contribution in [0.4, 0.5) is 4.39 Å². The predicted molar refractivity (Wildman–Crippen MR) is 60.7 cm³/mol. The highest BCUT2D eigenvalue weighted by atomic mass is 19.1. The molecule has 0 fully saturated rings. The van der Waals surface area contributed by atoms with Gasteiger partial charge in [-0.3, -0.25) is 0 Å². The van der Waals surface area contributed by atoms with Crippen LogP contribution in [0.15, 0.2) is 29.3 Å². The summed E-state index contributed by atoms with van der Waals surface area (Å²) in [4.78, 5) is 4.12. The van der Waals surface area contributed by atoms with Crippen molar-refractivity contribution in [1.82, 2.24) is 0 Å². The fourth-order valence-electron chi connectivity index (χ4n) is 1.81. The molecule has 2 rings (SSSR count). The minimum Gasteiger partial charge on any atom is -0.463 e. The maximum Gasteiger partial charge on any atom is 0.282 e. The standard InChI is InChI=1S/C12H15FN2O/c13-11-7-2-1-4-9(11)5-3-6-10-8-16-12(14)15-10/h1-2,4,7,10H,3,5-6,8H2,(H2,14,15)/t10-/m0/s1. The number of nitrogens with zero attached hydrogens (tertiary/aromatic N) is 1. The van der Waals surface area contributed by atoms with Crippen molar-refractivity contribution in [3.8, 4) is 0 Å². The molecular weight excluding hydrogens is 207 g/mol. The maximum absolute atomic E-state index is 13.3. The van der Waals surface area contributed by atoms with Crippen LogP contribution in [0.2, 0.25) is 0 Å². The minimum atomic E-state index is -0.131. The minimum absolute atomic E-state index is 0.131. The Labute approximate surface area is 94.1 Å². The average molecular weight is 222 g/mol. The Morgan fingerprint density at radius 1 is 1.44 bits per heavy atom. The molecule has 3 nitrogen and oxygen atoms in total. The van der Waals surface area contributed by atoms with Crippen molar-refractivity contribution in [3.05, 3.63) is 35.6 Å². The summed E-state index contributed by atoms with van der Waals surface area (Å²) >= 11 is 0. The molecule has 0 aliphatic carbocycles. The molecule has 0 spiro atoms. The lowest BCUT2D eigenvalue weighted by Crippen LogP contribution is -2.10. The lowest BCUT2D eigenvalue weighted by Gasteiger charge is -2.05. The number of hydrogen-bond donors (Lipinski definition) is 1. The predicted octanol–water partition coefficient (Wildman–Crippen LogP) is 1.86. The Kier molecular flexibility index (Phi) is 3.39. The van der Waals surface area contributed by atoms with Crippen molar-refractivity contribution in [1.29, 1.82) is 0 Å². The van der Waals surface area contributed by atoms with E-state index in [-0.39, 0.29) is 17.9 Å². The van der Waals surface area contributed by atoms with Crippen LogP contribution in [-0.4, -0.2) is 18.7 Å². The van der Waals surface area contributed by atoms with Crippen LogP contribution in [0.1, 0.15) is 18.4 Å². The van der Waals surface area contributed by atoms with Gasteiger partial charge < -0.3 is 10.5 Å². The van der Waals surface area contributed by atoms with Gasteiger partial charge in [-0.1, -0.05) is 18.2 Å². The Hall–Kier alpha value is -1.58. The van der Waals surface area contributed by atoms with E-state index >= 15 is 0 Å². The Balaban J connectivity index is 1.78. The summed E-state index contributed by atoms with van der Waals surface area (Å²) < 4.78 is 18.3.